The van der Waals surface area contributed by atoms with Gasteiger partial charge in [0.15, 0.2) is 0 Å². The van der Waals surface area contributed by atoms with Crippen LogP contribution in [0.4, 0.5) is 4.39 Å². The van der Waals surface area contributed by atoms with Gasteiger partial charge in [-0.05, 0) is 47.8 Å². The highest BCUT2D eigenvalue weighted by atomic mass is 32.2. The van der Waals surface area contributed by atoms with Gasteiger partial charge >= 0.3 is 0 Å². The third-order valence-electron chi connectivity index (χ3n) is 3.47. The van der Waals surface area contributed by atoms with Crippen LogP contribution in [0.2, 0.25) is 0 Å². The summed E-state index contributed by atoms with van der Waals surface area (Å²) in [6.07, 6.45) is 5.53. The molecule has 0 aromatic heterocycles. The van der Waals surface area contributed by atoms with Crippen LogP contribution < -0.4 is 5.73 Å². The molecule has 0 aliphatic heterocycles. The second kappa shape index (κ2) is 6.41. The first-order valence-electron chi connectivity index (χ1n) is 6.34. The molecule has 2 rings (SSSR count). The molecule has 1 aromatic carbocycles. The van der Waals surface area contributed by atoms with Crippen molar-refractivity contribution in [2.75, 3.05) is 5.75 Å². The molecule has 0 spiro atoms. The van der Waals surface area contributed by atoms with Crippen molar-refractivity contribution in [3.63, 3.8) is 0 Å². The third-order valence-corrected chi connectivity index (χ3v) is 4.70. The molecule has 0 unspecified atom stereocenters. The van der Waals surface area contributed by atoms with Gasteiger partial charge in [-0.25, -0.2) is 4.39 Å². The van der Waals surface area contributed by atoms with Crippen molar-refractivity contribution >= 4 is 11.8 Å². The Morgan fingerprint density at radius 2 is 2.00 bits per heavy atom. The van der Waals surface area contributed by atoms with E-state index < -0.39 is 0 Å². The summed E-state index contributed by atoms with van der Waals surface area (Å²) in [6.45, 7) is 0.500. The van der Waals surface area contributed by atoms with Crippen molar-refractivity contribution < 1.29 is 4.39 Å². The van der Waals surface area contributed by atoms with Crippen molar-refractivity contribution in [2.24, 2.45) is 11.7 Å². The molecule has 1 aliphatic carbocycles. The molecule has 1 aromatic rings. The van der Waals surface area contributed by atoms with Gasteiger partial charge < -0.3 is 5.73 Å². The Morgan fingerprint density at radius 1 is 1.24 bits per heavy atom. The number of thioether (sulfide) groups is 1. The SMILES string of the molecule is NCc1ccc(F)cc1CSCC1CCCC1. The molecule has 2 N–H and O–H groups in total. The molecule has 17 heavy (non-hydrogen) atoms. The van der Waals surface area contributed by atoms with Crippen molar-refractivity contribution in [3.05, 3.63) is 35.1 Å². The first-order valence-corrected chi connectivity index (χ1v) is 7.50. The summed E-state index contributed by atoms with van der Waals surface area (Å²) >= 11 is 1.92. The molecule has 0 bridgehead atoms. The summed E-state index contributed by atoms with van der Waals surface area (Å²) in [4.78, 5) is 0. The first kappa shape index (κ1) is 12.9. The molecule has 1 saturated carbocycles. The Kier molecular flexibility index (Phi) is 4.86. The topological polar surface area (TPSA) is 26.0 Å². The van der Waals surface area contributed by atoms with E-state index >= 15 is 0 Å². The van der Waals surface area contributed by atoms with Crippen LogP contribution in [0.15, 0.2) is 18.2 Å². The molecular formula is C14H20FNS. The maximum Gasteiger partial charge on any atom is 0.123 e. The lowest BCUT2D eigenvalue weighted by Gasteiger charge is -2.10. The zero-order chi connectivity index (χ0) is 12.1. The maximum atomic E-state index is 13.2. The van der Waals surface area contributed by atoms with Crippen molar-refractivity contribution in [1.29, 1.82) is 0 Å². The van der Waals surface area contributed by atoms with E-state index in [2.05, 4.69) is 0 Å². The summed E-state index contributed by atoms with van der Waals surface area (Å²) in [6, 6.07) is 4.93. The smallest absolute Gasteiger partial charge is 0.123 e. The maximum absolute atomic E-state index is 13.2. The predicted octanol–water partition coefficient (Wildman–Crippen LogP) is 3.71. The van der Waals surface area contributed by atoms with E-state index in [0.29, 0.717) is 6.54 Å². The number of rotatable bonds is 5. The number of halogens is 1. The summed E-state index contributed by atoms with van der Waals surface area (Å²) in [5, 5.41) is 0. The molecule has 1 aliphatic rings. The minimum atomic E-state index is -0.154. The molecular weight excluding hydrogens is 233 g/mol. The van der Waals surface area contributed by atoms with E-state index in [1.807, 2.05) is 11.8 Å². The molecule has 94 valence electrons. The number of nitrogens with two attached hydrogens (primary N) is 1. The lowest BCUT2D eigenvalue weighted by Crippen LogP contribution is -2.03. The minimum absolute atomic E-state index is 0.154. The number of benzene rings is 1. The summed E-state index contributed by atoms with van der Waals surface area (Å²) in [7, 11) is 0. The summed E-state index contributed by atoms with van der Waals surface area (Å²) < 4.78 is 13.2. The lowest BCUT2D eigenvalue weighted by molar-refractivity contribution is 0.622. The van der Waals surface area contributed by atoms with E-state index in [9.17, 15) is 4.39 Å². The molecule has 0 radical (unpaired) electrons. The molecule has 0 heterocycles. The predicted molar refractivity (Wildman–Crippen MR) is 72.4 cm³/mol. The van der Waals surface area contributed by atoms with Crippen LogP contribution in [0.25, 0.3) is 0 Å². The zero-order valence-electron chi connectivity index (χ0n) is 10.1. The van der Waals surface area contributed by atoms with Crippen LogP contribution in [0.5, 0.6) is 0 Å². The van der Waals surface area contributed by atoms with Gasteiger partial charge in [0.05, 0.1) is 0 Å². The fourth-order valence-electron chi connectivity index (χ4n) is 2.44. The van der Waals surface area contributed by atoms with Crippen molar-refractivity contribution in [2.45, 2.75) is 38.0 Å². The van der Waals surface area contributed by atoms with Crippen LogP contribution in [-0.4, -0.2) is 5.75 Å². The van der Waals surface area contributed by atoms with Gasteiger partial charge in [0.25, 0.3) is 0 Å². The molecule has 0 saturated heterocycles. The van der Waals surface area contributed by atoms with Gasteiger partial charge in [-0.1, -0.05) is 18.9 Å². The Hall–Kier alpha value is -0.540. The summed E-state index contributed by atoms with van der Waals surface area (Å²) in [5.74, 6) is 2.83. The van der Waals surface area contributed by atoms with Gasteiger partial charge in [0.2, 0.25) is 0 Å². The summed E-state index contributed by atoms with van der Waals surface area (Å²) in [5.41, 5.74) is 7.80. The van der Waals surface area contributed by atoms with Gasteiger partial charge in [-0.15, -0.1) is 0 Å². The minimum Gasteiger partial charge on any atom is -0.326 e. The first-order chi connectivity index (χ1) is 8.29. The quantitative estimate of drug-likeness (QED) is 0.865. The third kappa shape index (κ3) is 3.71. The van der Waals surface area contributed by atoms with E-state index in [0.717, 1.165) is 22.8 Å². The van der Waals surface area contributed by atoms with Gasteiger partial charge in [0, 0.05) is 12.3 Å². The fourth-order valence-corrected chi connectivity index (χ4v) is 3.71. The van der Waals surface area contributed by atoms with Crippen LogP contribution in [0, 0.1) is 11.7 Å². The van der Waals surface area contributed by atoms with Crippen LogP contribution in [0.1, 0.15) is 36.8 Å². The fraction of sp³-hybridized carbons (Fsp3) is 0.571. The monoisotopic (exact) mass is 253 g/mol. The molecule has 1 fully saturated rings. The normalized spacial score (nSPS) is 16.6. The van der Waals surface area contributed by atoms with Gasteiger partial charge in [-0.2, -0.15) is 11.8 Å². The average molecular weight is 253 g/mol. The molecule has 1 nitrogen and oxygen atoms in total. The average Bonchev–Trinajstić information content (AvgIpc) is 2.82. The Labute approximate surface area is 107 Å². The number of hydrogen-bond acceptors (Lipinski definition) is 2. The second-order valence-corrected chi connectivity index (χ2v) is 5.81. The van der Waals surface area contributed by atoms with E-state index in [1.165, 1.54) is 37.5 Å². The van der Waals surface area contributed by atoms with E-state index in [-0.39, 0.29) is 5.82 Å². The second-order valence-electron chi connectivity index (χ2n) is 4.78. The molecule has 0 atom stereocenters. The largest absolute Gasteiger partial charge is 0.326 e. The molecule has 0 amide bonds. The van der Waals surface area contributed by atoms with Crippen molar-refractivity contribution in [1.82, 2.24) is 0 Å². The van der Waals surface area contributed by atoms with Crippen LogP contribution in [-0.2, 0) is 12.3 Å². The lowest BCUT2D eigenvalue weighted by atomic mass is 10.1. The van der Waals surface area contributed by atoms with E-state index in [1.54, 1.807) is 12.1 Å². The van der Waals surface area contributed by atoms with E-state index in [4.69, 9.17) is 5.73 Å². The van der Waals surface area contributed by atoms with Crippen molar-refractivity contribution in [3.8, 4) is 0 Å². The Balaban J connectivity index is 1.86. The Bertz CT molecular complexity index is 361. The Morgan fingerprint density at radius 3 is 2.71 bits per heavy atom. The number of hydrogen-bond donors (Lipinski definition) is 1. The highest BCUT2D eigenvalue weighted by Gasteiger charge is 2.14. The highest BCUT2D eigenvalue weighted by molar-refractivity contribution is 7.98. The molecule has 3 heteroatoms. The highest BCUT2D eigenvalue weighted by Crippen LogP contribution is 2.29. The standard InChI is InChI=1S/C14H20FNS/c15-14-6-5-12(8-16)13(7-14)10-17-9-11-3-1-2-4-11/h5-7,11H,1-4,8-10,16H2. The van der Waals surface area contributed by atoms with Gasteiger partial charge in [-0.3, -0.25) is 0 Å². The van der Waals surface area contributed by atoms with Gasteiger partial charge in [0.1, 0.15) is 5.82 Å². The zero-order valence-corrected chi connectivity index (χ0v) is 10.9. The van der Waals surface area contributed by atoms with Crippen LogP contribution in [0.3, 0.4) is 0 Å². The van der Waals surface area contributed by atoms with Crippen LogP contribution >= 0.6 is 11.8 Å².